The maximum atomic E-state index is 10.6. The zero-order chi connectivity index (χ0) is 15.0. The number of carboxylic acids is 1. The van der Waals surface area contributed by atoms with E-state index >= 15 is 0 Å². The van der Waals surface area contributed by atoms with Crippen LogP contribution in [0.2, 0.25) is 5.02 Å². The standard InChI is InChI=1S/C12H9ClN4O3S/c1-20-6-3-2-5(13)8-9(6)14-11-10(8)16-17-12(15-11)21-4-7(18)19/h2-3H,4H2,1H3,(H,18,19)(H,14,15,17). The third-order valence-corrected chi connectivity index (χ3v) is 3.95. The number of thioether (sulfide) groups is 1. The van der Waals surface area contributed by atoms with Crippen molar-refractivity contribution < 1.29 is 14.6 Å². The number of methoxy groups -OCH3 is 1. The Morgan fingerprint density at radius 2 is 2.29 bits per heavy atom. The molecule has 108 valence electrons. The molecule has 0 saturated heterocycles. The number of nitrogens with zero attached hydrogens (tertiary/aromatic N) is 3. The summed E-state index contributed by atoms with van der Waals surface area (Å²) in [5.41, 5.74) is 1.69. The van der Waals surface area contributed by atoms with Crippen LogP contribution in [0.4, 0.5) is 0 Å². The van der Waals surface area contributed by atoms with Crippen molar-refractivity contribution in [3.63, 3.8) is 0 Å². The van der Waals surface area contributed by atoms with Crippen molar-refractivity contribution in [3.8, 4) is 5.75 Å². The van der Waals surface area contributed by atoms with Gasteiger partial charge in [0.05, 0.1) is 28.8 Å². The molecule has 0 saturated carbocycles. The van der Waals surface area contributed by atoms with Crippen molar-refractivity contribution >= 4 is 51.4 Å². The molecule has 2 aromatic heterocycles. The molecular formula is C12H9ClN4O3S. The molecule has 0 radical (unpaired) electrons. The van der Waals surface area contributed by atoms with E-state index in [1.165, 1.54) is 0 Å². The van der Waals surface area contributed by atoms with Gasteiger partial charge in [-0.05, 0) is 12.1 Å². The fourth-order valence-electron chi connectivity index (χ4n) is 1.96. The van der Waals surface area contributed by atoms with E-state index in [4.69, 9.17) is 21.4 Å². The number of aromatic nitrogens is 4. The summed E-state index contributed by atoms with van der Waals surface area (Å²) in [6, 6.07) is 3.46. The highest BCUT2D eigenvalue weighted by Crippen LogP contribution is 2.35. The van der Waals surface area contributed by atoms with E-state index in [1.54, 1.807) is 19.2 Å². The first kappa shape index (κ1) is 13.9. The summed E-state index contributed by atoms with van der Waals surface area (Å²) >= 11 is 7.19. The molecule has 21 heavy (non-hydrogen) atoms. The molecule has 0 aliphatic heterocycles. The second-order valence-electron chi connectivity index (χ2n) is 4.10. The van der Waals surface area contributed by atoms with Crippen LogP contribution in [0.1, 0.15) is 0 Å². The number of carboxylic acid groups (broad SMARTS) is 1. The van der Waals surface area contributed by atoms with Crippen molar-refractivity contribution in [2.24, 2.45) is 0 Å². The summed E-state index contributed by atoms with van der Waals surface area (Å²) in [6.07, 6.45) is 0. The monoisotopic (exact) mass is 324 g/mol. The fourth-order valence-corrected chi connectivity index (χ4v) is 2.71. The highest BCUT2D eigenvalue weighted by atomic mass is 35.5. The van der Waals surface area contributed by atoms with Crippen LogP contribution in [0.25, 0.3) is 22.1 Å². The van der Waals surface area contributed by atoms with Gasteiger partial charge in [-0.1, -0.05) is 23.4 Å². The Morgan fingerprint density at radius 1 is 1.48 bits per heavy atom. The van der Waals surface area contributed by atoms with Crippen molar-refractivity contribution in [2.45, 2.75) is 5.16 Å². The lowest BCUT2D eigenvalue weighted by atomic mass is 10.2. The number of fused-ring (bicyclic) bond motifs is 3. The third-order valence-electron chi connectivity index (χ3n) is 2.81. The predicted octanol–water partition coefficient (Wildman–Crippen LogP) is 2.34. The molecule has 0 bridgehead atoms. The van der Waals surface area contributed by atoms with Gasteiger partial charge >= 0.3 is 5.97 Å². The van der Waals surface area contributed by atoms with Crippen molar-refractivity contribution in [2.75, 3.05) is 12.9 Å². The molecule has 2 N–H and O–H groups in total. The number of aliphatic carboxylic acids is 1. The van der Waals surface area contributed by atoms with Crippen LogP contribution < -0.4 is 4.74 Å². The molecule has 2 heterocycles. The van der Waals surface area contributed by atoms with E-state index in [1.807, 2.05) is 0 Å². The van der Waals surface area contributed by atoms with Crippen molar-refractivity contribution in [3.05, 3.63) is 17.2 Å². The number of hydrogen-bond acceptors (Lipinski definition) is 6. The highest BCUT2D eigenvalue weighted by Gasteiger charge is 2.15. The van der Waals surface area contributed by atoms with E-state index in [9.17, 15) is 4.79 Å². The van der Waals surface area contributed by atoms with Gasteiger partial charge in [0.25, 0.3) is 0 Å². The Kier molecular flexibility index (Phi) is 3.56. The molecule has 0 aliphatic carbocycles. The lowest BCUT2D eigenvalue weighted by Crippen LogP contribution is -2.00. The van der Waals surface area contributed by atoms with E-state index < -0.39 is 5.97 Å². The minimum Gasteiger partial charge on any atom is -0.495 e. The smallest absolute Gasteiger partial charge is 0.313 e. The van der Waals surface area contributed by atoms with Gasteiger partial charge in [0.2, 0.25) is 5.16 Å². The second-order valence-corrected chi connectivity index (χ2v) is 5.45. The zero-order valence-electron chi connectivity index (χ0n) is 10.8. The zero-order valence-corrected chi connectivity index (χ0v) is 12.3. The Hall–Kier alpha value is -2.06. The number of carbonyl (C=O) groups is 1. The average molecular weight is 325 g/mol. The van der Waals surface area contributed by atoms with Crippen LogP contribution in [0.5, 0.6) is 5.75 Å². The van der Waals surface area contributed by atoms with E-state index in [2.05, 4.69) is 20.2 Å². The number of halogens is 1. The van der Waals surface area contributed by atoms with Crippen LogP contribution in [0, 0.1) is 0 Å². The van der Waals surface area contributed by atoms with Gasteiger partial charge in [0.1, 0.15) is 11.3 Å². The maximum Gasteiger partial charge on any atom is 0.313 e. The highest BCUT2D eigenvalue weighted by molar-refractivity contribution is 7.99. The first-order chi connectivity index (χ1) is 10.1. The van der Waals surface area contributed by atoms with Gasteiger partial charge in [-0.25, -0.2) is 4.98 Å². The van der Waals surface area contributed by atoms with Crippen LogP contribution in [-0.4, -0.2) is 44.1 Å². The van der Waals surface area contributed by atoms with Gasteiger partial charge < -0.3 is 14.8 Å². The summed E-state index contributed by atoms with van der Waals surface area (Å²) < 4.78 is 5.27. The van der Waals surface area contributed by atoms with Crippen molar-refractivity contribution in [1.82, 2.24) is 20.2 Å². The predicted molar refractivity (Wildman–Crippen MR) is 79.1 cm³/mol. The Bertz CT molecular complexity index is 851. The number of benzene rings is 1. The van der Waals surface area contributed by atoms with Crippen molar-refractivity contribution in [1.29, 1.82) is 0 Å². The fraction of sp³-hybridized carbons (Fsp3) is 0.167. The van der Waals surface area contributed by atoms with Gasteiger partial charge in [-0.3, -0.25) is 4.79 Å². The van der Waals surface area contributed by atoms with Crippen LogP contribution in [-0.2, 0) is 4.79 Å². The van der Waals surface area contributed by atoms with Crippen LogP contribution in [0.15, 0.2) is 17.3 Å². The number of ether oxygens (including phenoxy) is 1. The van der Waals surface area contributed by atoms with E-state index in [0.717, 1.165) is 11.8 Å². The minimum atomic E-state index is -0.940. The summed E-state index contributed by atoms with van der Waals surface area (Å²) in [7, 11) is 1.56. The second kappa shape index (κ2) is 5.38. The lowest BCUT2D eigenvalue weighted by molar-refractivity contribution is -0.133. The third kappa shape index (κ3) is 2.47. The molecule has 9 heteroatoms. The molecule has 0 atom stereocenters. The Morgan fingerprint density at radius 3 is 3.00 bits per heavy atom. The molecule has 3 aromatic rings. The summed E-state index contributed by atoms with van der Waals surface area (Å²) in [5.74, 6) is -0.448. The summed E-state index contributed by atoms with van der Waals surface area (Å²) in [6.45, 7) is 0. The Labute approximate surface area is 127 Å². The SMILES string of the molecule is COc1ccc(Cl)c2c1[nH]c1nc(SCC(=O)O)nnc12. The first-order valence-corrected chi connectivity index (χ1v) is 7.19. The topological polar surface area (TPSA) is 101 Å². The lowest BCUT2D eigenvalue weighted by Gasteiger charge is -2.01. The number of rotatable bonds is 4. The molecule has 0 unspecified atom stereocenters. The van der Waals surface area contributed by atoms with Crippen LogP contribution >= 0.6 is 23.4 Å². The molecule has 0 fully saturated rings. The quantitative estimate of drug-likeness (QED) is 0.710. The summed E-state index contributed by atoms with van der Waals surface area (Å²) in [4.78, 5) is 17.9. The average Bonchev–Trinajstić information content (AvgIpc) is 2.84. The number of nitrogens with one attached hydrogen (secondary N) is 1. The number of H-pyrrole nitrogens is 1. The number of aromatic amines is 1. The van der Waals surface area contributed by atoms with Gasteiger partial charge in [-0.2, -0.15) is 0 Å². The molecule has 0 amide bonds. The first-order valence-electron chi connectivity index (χ1n) is 5.83. The summed E-state index contributed by atoms with van der Waals surface area (Å²) in [5, 5.41) is 18.1. The number of hydrogen-bond donors (Lipinski definition) is 2. The molecule has 0 spiro atoms. The Balaban J connectivity index is 2.16. The maximum absolute atomic E-state index is 10.6. The molecule has 3 rings (SSSR count). The molecule has 1 aromatic carbocycles. The van der Waals surface area contributed by atoms with E-state index in [-0.39, 0.29) is 10.9 Å². The molecule has 7 nitrogen and oxygen atoms in total. The van der Waals surface area contributed by atoms with Gasteiger partial charge in [0.15, 0.2) is 5.65 Å². The van der Waals surface area contributed by atoms with Gasteiger partial charge in [0, 0.05) is 0 Å². The molecular weight excluding hydrogens is 316 g/mol. The molecule has 0 aliphatic rings. The minimum absolute atomic E-state index is 0.127. The largest absolute Gasteiger partial charge is 0.495 e. The normalized spacial score (nSPS) is 11.1. The van der Waals surface area contributed by atoms with Crippen LogP contribution in [0.3, 0.4) is 0 Å². The van der Waals surface area contributed by atoms with E-state index in [0.29, 0.717) is 32.8 Å². The van der Waals surface area contributed by atoms with Gasteiger partial charge in [-0.15, -0.1) is 10.2 Å².